The molecule has 0 radical (unpaired) electrons. The molecule has 1 aliphatic heterocycles. The molecule has 0 bridgehead atoms. The van der Waals surface area contributed by atoms with Crippen molar-refractivity contribution in [3.63, 3.8) is 0 Å². The summed E-state index contributed by atoms with van der Waals surface area (Å²) in [6, 6.07) is 6.34. The van der Waals surface area contributed by atoms with Gasteiger partial charge in [-0.1, -0.05) is 6.07 Å². The number of hydrogen-bond donors (Lipinski definition) is 1. The predicted molar refractivity (Wildman–Crippen MR) is 81.3 cm³/mol. The minimum Gasteiger partial charge on any atom is -0.361 e. The van der Waals surface area contributed by atoms with Gasteiger partial charge >= 0.3 is 0 Å². The Morgan fingerprint density at radius 3 is 3.00 bits per heavy atom. The summed E-state index contributed by atoms with van der Waals surface area (Å²) in [6.07, 6.45) is 5.95. The molecule has 20 heavy (non-hydrogen) atoms. The molecule has 0 saturated carbocycles. The van der Waals surface area contributed by atoms with Gasteiger partial charge < -0.3 is 4.98 Å². The molecule has 5 heteroatoms. The van der Waals surface area contributed by atoms with E-state index < -0.39 is 10.3 Å². The monoisotopic (exact) mass is 288 g/mol. The van der Waals surface area contributed by atoms with Gasteiger partial charge in [-0.25, -0.2) is 0 Å². The number of nitrogens with one attached hydrogen (secondary N) is 1. The highest BCUT2D eigenvalue weighted by Crippen LogP contribution is 2.35. The number of hydrogen-bond acceptors (Lipinski definition) is 3. The molecule has 1 aliphatic rings. The Hall–Kier alpha value is -1.81. The van der Waals surface area contributed by atoms with E-state index in [-0.39, 0.29) is 0 Å². The first-order chi connectivity index (χ1) is 9.65. The molecule has 0 spiro atoms. The van der Waals surface area contributed by atoms with Gasteiger partial charge in [0.1, 0.15) is 0 Å². The first-order valence-electron chi connectivity index (χ1n) is 6.65. The molecular weight excluding hydrogens is 272 g/mol. The van der Waals surface area contributed by atoms with E-state index in [0.717, 1.165) is 23.0 Å². The Kier molecular flexibility index (Phi) is 3.49. The molecule has 0 aliphatic carbocycles. The summed E-state index contributed by atoms with van der Waals surface area (Å²) in [5.41, 5.74) is 3.22. The van der Waals surface area contributed by atoms with Crippen molar-refractivity contribution < 1.29 is 8.42 Å². The number of likely N-dealkylation sites (tertiary alicyclic amines) is 1. The summed E-state index contributed by atoms with van der Waals surface area (Å²) >= 11 is 0. The molecule has 0 amide bonds. The van der Waals surface area contributed by atoms with E-state index in [1.54, 1.807) is 0 Å². The summed E-state index contributed by atoms with van der Waals surface area (Å²) in [5.74, 6) is 0. The van der Waals surface area contributed by atoms with E-state index >= 15 is 0 Å². The van der Waals surface area contributed by atoms with Crippen LogP contribution in [-0.2, 0) is 10.3 Å². The second kappa shape index (κ2) is 5.29. The average molecular weight is 288 g/mol. The molecule has 2 heterocycles. The number of fused-ring (bicyclic) bond motifs is 1. The molecule has 1 aromatic carbocycles. The van der Waals surface area contributed by atoms with E-state index in [4.69, 9.17) is 0 Å². The van der Waals surface area contributed by atoms with Crippen molar-refractivity contribution in [3.05, 3.63) is 35.5 Å². The zero-order chi connectivity index (χ0) is 14.1. The Bertz CT molecular complexity index is 806. The van der Waals surface area contributed by atoms with Crippen LogP contribution in [0.1, 0.15) is 30.0 Å². The maximum absolute atomic E-state index is 10.6. The van der Waals surface area contributed by atoms with Crippen LogP contribution in [0.5, 0.6) is 0 Å². The van der Waals surface area contributed by atoms with Crippen LogP contribution in [0.15, 0.2) is 24.4 Å². The number of benzene rings is 1. The lowest BCUT2D eigenvalue weighted by molar-refractivity contribution is 0.319. The second-order valence-electron chi connectivity index (χ2n) is 5.18. The zero-order valence-corrected chi connectivity index (χ0v) is 12.1. The second-order valence-corrected chi connectivity index (χ2v) is 5.89. The fourth-order valence-corrected chi connectivity index (χ4v) is 3.18. The van der Waals surface area contributed by atoms with Crippen LogP contribution in [0.2, 0.25) is 0 Å². The minimum absolute atomic E-state index is 0.445. The Labute approximate surface area is 119 Å². The van der Waals surface area contributed by atoms with Crippen LogP contribution in [0.3, 0.4) is 0 Å². The highest BCUT2D eigenvalue weighted by atomic mass is 32.2. The predicted octanol–water partition coefficient (Wildman–Crippen LogP) is 2.23. The Morgan fingerprint density at radius 1 is 1.45 bits per heavy atom. The van der Waals surface area contributed by atoms with Crippen molar-refractivity contribution in [2.75, 3.05) is 13.6 Å². The quantitative estimate of drug-likeness (QED) is 0.862. The Morgan fingerprint density at radius 2 is 2.30 bits per heavy atom. The topological polar surface area (TPSA) is 53.2 Å². The third-order valence-corrected chi connectivity index (χ3v) is 4.25. The lowest BCUT2D eigenvalue weighted by Crippen LogP contribution is -2.17. The zero-order valence-electron chi connectivity index (χ0n) is 11.3. The van der Waals surface area contributed by atoms with Crippen molar-refractivity contribution in [1.29, 1.82) is 0 Å². The van der Waals surface area contributed by atoms with Crippen LogP contribution in [-0.4, -0.2) is 36.9 Å². The van der Waals surface area contributed by atoms with E-state index in [1.807, 2.05) is 18.2 Å². The van der Waals surface area contributed by atoms with Gasteiger partial charge in [-0.15, -0.1) is 0 Å². The van der Waals surface area contributed by atoms with E-state index in [1.165, 1.54) is 24.5 Å². The maximum atomic E-state index is 10.6. The molecule has 4 nitrogen and oxygen atoms in total. The van der Waals surface area contributed by atoms with Crippen molar-refractivity contribution >= 4 is 32.3 Å². The van der Waals surface area contributed by atoms with Crippen LogP contribution in [0.4, 0.5) is 0 Å². The summed E-state index contributed by atoms with van der Waals surface area (Å²) in [4.78, 5) is 5.66. The average Bonchev–Trinajstić information content (AvgIpc) is 3.01. The number of nitrogens with zero attached hydrogens (tertiary/aromatic N) is 1. The highest BCUT2D eigenvalue weighted by Gasteiger charge is 2.24. The minimum atomic E-state index is -2.27. The fourth-order valence-electron chi connectivity index (χ4n) is 2.94. The van der Waals surface area contributed by atoms with Crippen molar-refractivity contribution in [2.24, 2.45) is 0 Å². The third-order valence-electron chi connectivity index (χ3n) is 3.94. The first-order valence-corrected chi connectivity index (χ1v) is 7.72. The molecule has 104 valence electrons. The number of aromatic nitrogens is 1. The molecule has 1 atom stereocenters. The summed E-state index contributed by atoms with van der Waals surface area (Å²) in [6.45, 7) is 1.12. The lowest BCUT2D eigenvalue weighted by Gasteiger charge is -2.18. The normalized spacial score (nSPS) is 19.1. The van der Waals surface area contributed by atoms with Gasteiger partial charge in [0.15, 0.2) is 0 Å². The van der Waals surface area contributed by atoms with Crippen LogP contribution < -0.4 is 0 Å². The largest absolute Gasteiger partial charge is 0.361 e. The van der Waals surface area contributed by atoms with Gasteiger partial charge in [-0.05, 0) is 49.7 Å². The van der Waals surface area contributed by atoms with E-state index in [9.17, 15) is 8.42 Å². The summed E-state index contributed by atoms with van der Waals surface area (Å²) in [7, 11) is -0.127. The van der Waals surface area contributed by atoms with Gasteiger partial charge in [-0.2, -0.15) is 8.42 Å². The number of H-pyrrole nitrogens is 1. The SMILES string of the molecule is CN1CCCC1c1c[nH]c2ccc(C=C=S(=O)=O)cc12. The molecule has 1 N–H and O–H groups in total. The van der Waals surface area contributed by atoms with E-state index in [2.05, 4.69) is 28.2 Å². The molecule has 1 fully saturated rings. The van der Waals surface area contributed by atoms with Crippen LogP contribution in [0.25, 0.3) is 17.0 Å². The van der Waals surface area contributed by atoms with Crippen LogP contribution in [0, 0.1) is 0 Å². The summed E-state index contributed by atoms with van der Waals surface area (Å²) in [5, 5.41) is 3.45. The lowest BCUT2D eigenvalue weighted by atomic mass is 10.0. The molecular formula is C15H16N2O2S. The first kappa shape index (κ1) is 13.2. The maximum Gasteiger partial charge on any atom is 0.260 e. The van der Waals surface area contributed by atoms with Gasteiger partial charge in [0.05, 0.1) is 0 Å². The fraction of sp³-hybridized carbons (Fsp3) is 0.333. The van der Waals surface area contributed by atoms with Crippen LogP contribution >= 0.6 is 0 Å². The summed E-state index contributed by atoms with van der Waals surface area (Å²) < 4.78 is 21.1. The van der Waals surface area contributed by atoms with Crippen molar-refractivity contribution in [1.82, 2.24) is 9.88 Å². The standard InChI is InChI=1S/C15H16N2O2S/c1-17-7-2-3-15(17)13-10-16-14-5-4-11(9-12(13)14)6-8-20(18)19/h4-6,9-10,15-16H,2-3,7H2,1H3. The van der Waals surface area contributed by atoms with Gasteiger partial charge in [0.25, 0.3) is 10.3 Å². The molecule has 1 saturated heterocycles. The molecule has 1 aromatic heterocycles. The van der Waals surface area contributed by atoms with Gasteiger partial charge in [0.2, 0.25) is 0 Å². The van der Waals surface area contributed by atoms with E-state index in [0.29, 0.717) is 6.04 Å². The highest BCUT2D eigenvalue weighted by molar-refractivity contribution is 7.71. The van der Waals surface area contributed by atoms with Crippen molar-refractivity contribution in [3.8, 4) is 0 Å². The number of rotatable bonds is 2. The third kappa shape index (κ3) is 2.43. The number of aromatic amines is 1. The Balaban J connectivity index is 2.10. The van der Waals surface area contributed by atoms with Crippen molar-refractivity contribution in [2.45, 2.75) is 18.9 Å². The van der Waals surface area contributed by atoms with Gasteiger partial charge in [-0.3, -0.25) is 4.90 Å². The van der Waals surface area contributed by atoms with Gasteiger partial charge in [0, 0.05) is 34.2 Å². The smallest absolute Gasteiger partial charge is 0.260 e. The molecule has 2 aromatic rings. The molecule has 1 unspecified atom stereocenters. The molecule has 3 rings (SSSR count).